The summed E-state index contributed by atoms with van der Waals surface area (Å²) in [7, 11) is 1.68. The van der Waals surface area contributed by atoms with E-state index < -0.39 is 0 Å². The minimum Gasteiger partial charge on any atom is -0.495 e. The van der Waals surface area contributed by atoms with Gasteiger partial charge in [0, 0.05) is 39.3 Å². The summed E-state index contributed by atoms with van der Waals surface area (Å²) in [6.07, 6.45) is 0. The number of halogens is 1. The number of hydrogen-bond acceptors (Lipinski definition) is 6. The molecule has 2 aromatic carbocycles. The van der Waals surface area contributed by atoms with Crippen molar-refractivity contribution in [1.29, 1.82) is 0 Å². The van der Waals surface area contributed by atoms with Crippen LogP contribution >= 0.6 is 11.3 Å². The van der Waals surface area contributed by atoms with Gasteiger partial charge in [0.1, 0.15) is 11.6 Å². The molecule has 2 aliphatic heterocycles. The number of para-hydroxylation sites is 2. The van der Waals surface area contributed by atoms with Gasteiger partial charge in [-0.25, -0.2) is 9.37 Å². The van der Waals surface area contributed by atoms with E-state index in [1.807, 2.05) is 23.1 Å². The van der Waals surface area contributed by atoms with E-state index in [1.165, 1.54) is 23.5 Å². The number of piperazine rings is 1. The number of fused-ring (bicyclic) bond motifs is 1. The average Bonchev–Trinajstić information content (AvgIpc) is 3.15. The molecule has 0 aliphatic carbocycles. The molecular weight excluding hydrogens is 403 g/mol. The van der Waals surface area contributed by atoms with Crippen molar-refractivity contribution < 1.29 is 13.9 Å². The molecule has 0 radical (unpaired) electrons. The van der Waals surface area contributed by atoms with Crippen LogP contribution in [0.15, 0.2) is 42.5 Å². The Morgan fingerprint density at radius 3 is 2.63 bits per heavy atom. The number of aromatic nitrogens is 1. The van der Waals surface area contributed by atoms with Gasteiger partial charge in [-0.15, -0.1) is 0 Å². The van der Waals surface area contributed by atoms with E-state index in [4.69, 9.17) is 4.74 Å². The van der Waals surface area contributed by atoms with Crippen LogP contribution in [0.5, 0.6) is 5.75 Å². The Morgan fingerprint density at radius 1 is 1.10 bits per heavy atom. The molecule has 0 unspecified atom stereocenters. The molecule has 0 bridgehead atoms. The number of anilines is 2. The largest absolute Gasteiger partial charge is 0.495 e. The zero-order chi connectivity index (χ0) is 20.7. The highest BCUT2D eigenvalue weighted by Crippen LogP contribution is 2.34. The van der Waals surface area contributed by atoms with Crippen molar-refractivity contribution in [2.45, 2.75) is 0 Å². The van der Waals surface area contributed by atoms with Gasteiger partial charge in [-0.05, 0) is 30.3 Å². The van der Waals surface area contributed by atoms with Crippen LogP contribution in [0.1, 0.15) is 0 Å². The summed E-state index contributed by atoms with van der Waals surface area (Å²) < 4.78 is 19.7. The number of methoxy groups -OCH3 is 1. The van der Waals surface area contributed by atoms with E-state index >= 15 is 0 Å². The van der Waals surface area contributed by atoms with Crippen LogP contribution in [0.2, 0.25) is 0 Å². The van der Waals surface area contributed by atoms with Gasteiger partial charge in [0.2, 0.25) is 5.91 Å². The highest BCUT2D eigenvalue weighted by Gasteiger charge is 2.37. The highest BCUT2D eigenvalue weighted by molar-refractivity contribution is 7.22. The van der Waals surface area contributed by atoms with Gasteiger partial charge in [-0.2, -0.15) is 0 Å². The molecule has 0 atom stereocenters. The van der Waals surface area contributed by atoms with Crippen molar-refractivity contribution in [3.05, 3.63) is 48.3 Å². The summed E-state index contributed by atoms with van der Waals surface area (Å²) in [5, 5.41) is 0.862. The molecule has 0 saturated carbocycles. The van der Waals surface area contributed by atoms with Crippen LogP contribution < -0.4 is 14.5 Å². The Morgan fingerprint density at radius 2 is 1.87 bits per heavy atom. The van der Waals surface area contributed by atoms with Crippen LogP contribution in [0.4, 0.5) is 15.2 Å². The highest BCUT2D eigenvalue weighted by atomic mass is 32.1. The molecule has 2 saturated heterocycles. The SMILES string of the molecule is COc1ccccc1N1CCN(C(=O)C2CN(c3nc4ccc(F)cc4s3)C2)CC1. The Kier molecular flexibility index (Phi) is 4.94. The van der Waals surface area contributed by atoms with E-state index in [-0.39, 0.29) is 17.6 Å². The topological polar surface area (TPSA) is 48.9 Å². The summed E-state index contributed by atoms with van der Waals surface area (Å²) in [6, 6.07) is 12.6. The number of carbonyl (C=O) groups is 1. The molecule has 1 amide bonds. The van der Waals surface area contributed by atoms with Crippen molar-refractivity contribution in [3.63, 3.8) is 0 Å². The van der Waals surface area contributed by atoms with Crippen molar-refractivity contribution in [1.82, 2.24) is 9.88 Å². The monoisotopic (exact) mass is 426 g/mol. The molecule has 3 heterocycles. The number of amides is 1. The lowest BCUT2D eigenvalue weighted by atomic mass is 9.99. The summed E-state index contributed by atoms with van der Waals surface area (Å²) in [5.74, 6) is 0.842. The quantitative estimate of drug-likeness (QED) is 0.641. The van der Waals surface area contributed by atoms with Gasteiger partial charge in [0.15, 0.2) is 5.13 Å². The number of nitrogens with zero attached hydrogens (tertiary/aromatic N) is 4. The first-order valence-corrected chi connectivity index (χ1v) is 10.9. The fraction of sp³-hybridized carbons (Fsp3) is 0.364. The number of hydrogen-bond donors (Lipinski definition) is 0. The van der Waals surface area contributed by atoms with Crippen LogP contribution in [-0.2, 0) is 4.79 Å². The molecule has 3 aromatic rings. The summed E-state index contributed by atoms with van der Waals surface area (Å²) in [6.45, 7) is 4.38. The fourth-order valence-electron chi connectivity index (χ4n) is 4.13. The van der Waals surface area contributed by atoms with E-state index in [9.17, 15) is 9.18 Å². The molecule has 5 rings (SSSR count). The summed E-state index contributed by atoms with van der Waals surface area (Å²) in [4.78, 5) is 23.9. The molecule has 2 fully saturated rings. The lowest BCUT2D eigenvalue weighted by Gasteiger charge is -2.43. The zero-order valence-electron chi connectivity index (χ0n) is 16.8. The molecule has 0 N–H and O–H groups in total. The predicted molar refractivity (Wildman–Crippen MR) is 117 cm³/mol. The molecule has 30 heavy (non-hydrogen) atoms. The third-order valence-electron chi connectivity index (χ3n) is 5.86. The Balaban J connectivity index is 1.17. The number of rotatable bonds is 4. The van der Waals surface area contributed by atoms with Crippen LogP contribution in [0, 0.1) is 11.7 Å². The van der Waals surface area contributed by atoms with Crippen LogP contribution in [0.3, 0.4) is 0 Å². The third-order valence-corrected chi connectivity index (χ3v) is 6.94. The minimum absolute atomic E-state index is 0.00607. The lowest BCUT2D eigenvalue weighted by molar-refractivity contribution is -0.136. The third kappa shape index (κ3) is 3.45. The number of benzene rings is 2. The molecule has 2 aliphatic rings. The maximum absolute atomic E-state index is 13.4. The molecule has 8 heteroatoms. The van der Waals surface area contributed by atoms with Gasteiger partial charge in [0.05, 0.1) is 28.9 Å². The fourth-order valence-corrected chi connectivity index (χ4v) is 5.14. The zero-order valence-corrected chi connectivity index (χ0v) is 17.6. The second kappa shape index (κ2) is 7.75. The van der Waals surface area contributed by atoms with Gasteiger partial charge in [-0.1, -0.05) is 23.5 Å². The molecule has 6 nitrogen and oxygen atoms in total. The van der Waals surface area contributed by atoms with Gasteiger partial charge < -0.3 is 19.4 Å². The van der Waals surface area contributed by atoms with E-state index in [1.54, 1.807) is 13.2 Å². The average molecular weight is 427 g/mol. The second-order valence-corrected chi connectivity index (χ2v) is 8.70. The number of carbonyl (C=O) groups excluding carboxylic acids is 1. The molecule has 156 valence electrons. The van der Waals surface area contributed by atoms with Gasteiger partial charge in [-0.3, -0.25) is 4.79 Å². The van der Waals surface area contributed by atoms with Gasteiger partial charge >= 0.3 is 0 Å². The Bertz CT molecular complexity index is 1070. The van der Waals surface area contributed by atoms with E-state index in [2.05, 4.69) is 20.9 Å². The van der Waals surface area contributed by atoms with Crippen molar-refractivity contribution in [2.24, 2.45) is 5.92 Å². The first-order valence-electron chi connectivity index (χ1n) is 10.1. The Labute approximate surface area is 178 Å². The van der Waals surface area contributed by atoms with Crippen molar-refractivity contribution >= 4 is 38.3 Å². The van der Waals surface area contributed by atoms with E-state index in [0.29, 0.717) is 26.2 Å². The van der Waals surface area contributed by atoms with Crippen molar-refractivity contribution in [2.75, 3.05) is 56.2 Å². The standard InChI is InChI=1S/C22H23FN4O2S/c1-29-19-5-3-2-4-18(19)25-8-10-26(11-9-25)21(28)15-13-27(14-15)22-24-17-7-6-16(23)12-20(17)30-22/h2-7,12,15H,8-11,13-14H2,1H3. The summed E-state index contributed by atoms with van der Waals surface area (Å²) >= 11 is 1.48. The maximum atomic E-state index is 13.4. The second-order valence-electron chi connectivity index (χ2n) is 7.69. The Hall–Kier alpha value is -2.87. The number of ether oxygens (including phenoxy) is 1. The van der Waals surface area contributed by atoms with Crippen molar-refractivity contribution in [3.8, 4) is 5.75 Å². The number of thiazole rings is 1. The normalized spacial score (nSPS) is 17.3. The summed E-state index contributed by atoms with van der Waals surface area (Å²) in [5.41, 5.74) is 1.88. The molecule has 1 aromatic heterocycles. The van der Waals surface area contributed by atoms with E-state index in [0.717, 1.165) is 39.9 Å². The van der Waals surface area contributed by atoms with Crippen LogP contribution in [-0.4, -0.2) is 62.2 Å². The first kappa shape index (κ1) is 19.1. The molecule has 0 spiro atoms. The van der Waals surface area contributed by atoms with Crippen LogP contribution in [0.25, 0.3) is 10.2 Å². The maximum Gasteiger partial charge on any atom is 0.229 e. The minimum atomic E-state index is -0.248. The van der Waals surface area contributed by atoms with Gasteiger partial charge in [0.25, 0.3) is 0 Å². The first-order chi connectivity index (χ1) is 14.6. The predicted octanol–water partition coefficient (Wildman–Crippen LogP) is 3.23. The lowest BCUT2D eigenvalue weighted by Crippen LogP contribution is -2.58. The smallest absolute Gasteiger partial charge is 0.229 e. The molecular formula is C22H23FN4O2S.